The Bertz CT molecular complexity index is 1230. The molecule has 0 unspecified atom stereocenters. The van der Waals surface area contributed by atoms with Crippen LogP contribution in [-0.2, 0) is 6.54 Å². The smallest absolute Gasteiger partial charge is 0.269 e. The van der Waals surface area contributed by atoms with Crippen molar-refractivity contribution in [1.82, 2.24) is 19.3 Å². The lowest BCUT2D eigenvalue weighted by Gasteiger charge is -2.09. The normalized spacial score (nSPS) is 11.8. The summed E-state index contributed by atoms with van der Waals surface area (Å²) in [6.07, 6.45) is 3.92. The van der Waals surface area contributed by atoms with Crippen molar-refractivity contribution in [1.29, 1.82) is 0 Å². The standard InChI is InChI=1S/C23H24N6O/c1-2-3-14-25-23-26-22-19(16-28(23)15-17-10-6-4-7-11-17)20(21(24)30)27-29(22)18-12-8-5-9-13-18/h4-13,16H,2-3,14-15H2,1H3,(H2,24,30). The number of unbranched alkanes of at least 4 members (excludes halogenated alkanes) is 1. The van der Waals surface area contributed by atoms with E-state index in [0.29, 0.717) is 29.7 Å². The lowest BCUT2D eigenvalue weighted by Crippen LogP contribution is -2.26. The van der Waals surface area contributed by atoms with Crippen LogP contribution in [0.4, 0.5) is 0 Å². The number of hydrogen-bond donors (Lipinski definition) is 1. The molecule has 7 heteroatoms. The second kappa shape index (κ2) is 8.73. The highest BCUT2D eigenvalue weighted by Gasteiger charge is 2.18. The number of para-hydroxylation sites is 1. The number of aromatic nitrogens is 4. The van der Waals surface area contributed by atoms with Gasteiger partial charge in [0, 0.05) is 12.7 Å². The first-order chi connectivity index (χ1) is 14.7. The Hall–Kier alpha value is -3.74. The highest BCUT2D eigenvalue weighted by molar-refractivity contribution is 6.03. The number of carbonyl (C=O) groups is 1. The van der Waals surface area contributed by atoms with Gasteiger partial charge in [-0.05, 0) is 24.1 Å². The maximum Gasteiger partial charge on any atom is 0.269 e. The molecular weight excluding hydrogens is 376 g/mol. The third-order valence-electron chi connectivity index (χ3n) is 4.84. The maximum atomic E-state index is 12.1. The Labute approximate surface area is 174 Å². The quantitative estimate of drug-likeness (QED) is 0.483. The Balaban J connectivity index is 1.94. The van der Waals surface area contributed by atoms with Crippen molar-refractivity contribution < 1.29 is 4.79 Å². The Morgan fingerprint density at radius 3 is 2.43 bits per heavy atom. The first-order valence-electron chi connectivity index (χ1n) is 10.1. The number of benzene rings is 2. The van der Waals surface area contributed by atoms with Gasteiger partial charge in [0.1, 0.15) is 0 Å². The van der Waals surface area contributed by atoms with Crippen LogP contribution in [0.25, 0.3) is 16.7 Å². The van der Waals surface area contributed by atoms with E-state index in [0.717, 1.165) is 24.1 Å². The summed E-state index contributed by atoms with van der Waals surface area (Å²) in [6, 6.07) is 19.7. The molecule has 0 spiro atoms. The van der Waals surface area contributed by atoms with Crippen LogP contribution >= 0.6 is 0 Å². The largest absolute Gasteiger partial charge is 0.364 e. The molecule has 0 bridgehead atoms. The molecular formula is C23H24N6O. The highest BCUT2D eigenvalue weighted by Crippen LogP contribution is 2.19. The lowest BCUT2D eigenvalue weighted by molar-refractivity contribution is 0.0996. The predicted octanol–water partition coefficient (Wildman–Crippen LogP) is 3.07. The van der Waals surface area contributed by atoms with Crippen LogP contribution in [0.3, 0.4) is 0 Å². The van der Waals surface area contributed by atoms with E-state index < -0.39 is 5.91 Å². The molecule has 152 valence electrons. The van der Waals surface area contributed by atoms with Crippen LogP contribution in [-0.4, -0.2) is 31.8 Å². The van der Waals surface area contributed by atoms with Gasteiger partial charge in [0.05, 0.1) is 17.6 Å². The minimum Gasteiger partial charge on any atom is -0.364 e. The van der Waals surface area contributed by atoms with E-state index in [1.807, 2.05) is 59.3 Å². The molecule has 2 N–H and O–H groups in total. The van der Waals surface area contributed by atoms with Gasteiger partial charge in [0.15, 0.2) is 11.3 Å². The zero-order valence-corrected chi connectivity index (χ0v) is 16.9. The first-order valence-corrected chi connectivity index (χ1v) is 10.1. The number of nitrogens with zero attached hydrogens (tertiary/aromatic N) is 5. The molecule has 7 nitrogen and oxygen atoms in total. The van der Waals surface area contributed by atoms with Crippen LogP contribution in [0.1, 0.15) is 35.8 Å². The van der Waals surface area contributed by atoms with Crippen LogP contribution in [0.5, 0.6) is 0 Å². The van der Waals surface area contributed by atoms with E-state index in [-0.39, 0.29) is 5.69 Å². The van der Waals surface area contributed by atoms with Crippen LogP contribution in [0, 0.1) is 0 Å². The fourth-order valence-electron chi connectivity index (χ4n) is 3.31. The average molecular weight is 400 g/mol. The minimum absolute atomic E-state index is 0.197. The number of hydrogen-bond acceptors (Lipinski definition) is 4. The van der Waals surface area contributed by atoms with E-state index in [4.69, 9.17) is 15.7 Å². The third kappa shape index (κ3) is 4.00. The van der Waals surface area contributed by atoms with Crippen molar-refractivity contribution in [2.45, 2.75) is 26.3 Å². The zero-order valence-electron chi connectivity index (χ0n) is 16.9. The summed E-state index contributed by atoms with van der Waals surface area (Å²) in [5.74, 6) is -0.585. The van der Waals surface area contributed by atoms with Crippen molar-refractivity contribution in [2.24, 2.45) is 10.7 Å². The SMILES string of the molecule is CCCCN=c1nc2c(cn1Cc1ccccc1)c(C(N)=O)nn2-c1ccccc1. The monoisotopic (exact) mass is 400 g/mol. The van der Waals surface area contributed by atoms with E-state index >= 15 is 0 Å². The number of nitrogens with two attached hydrogens (primary N) is 1. The molecule has 2 aromatic carbocycles. The Morgan fingerprint density at radius 2 is 1.77 bits per heavy atom. The third-order valence-corrected chi connectivity index (χ3v) is 4.84. The maximum absolute atomic E-state index is 12.1. The van der Waals surface area contributed by atoms with Gasteiger partial charge < -0.3 is 10.3 Å². The van der Waals surface area contributed by atoms with Crippen molar-refractivity contribution in [3.8, 4) is 5.69 Å². The molecule has 2 aromatic heterocycles. The molecule has 4 rings (SSSR count). The van der Waals surface area contributed by atoms with E-state index in [1.165, 1.54) is 0 Å². The van der Waals surface area contributed by atoms with E-state index in [9.17, 15) is 4.79 Å². The summed E-state index contributed by atoms with van der Waals surface area (Å²) in [5, 5.41) is 5.08. The Morgan fingerprint density at radius 1 is 1.07 bits per heavy atom. The molecule has 2 heterocycles. The summed E-state index contributed by atoms with van der Waals surface area (Å²) in [5.41, 5.74) is 8.93. The fraction of sp³-hybridized carbons (Fsp3) is 0.217. The zero-order chi connectivity index (χ0) is 20.9. The summed E-state index contributed by atoms with van der Waals surface area (Å²) in [6.45, 7) is 3.41. The molecule has 30 heavy (non-hydrogen) atoms. The fourth-order valence-corrected chi connectivity index (χ4v) is 3.31. The number of amides is 1. The lowest BCUT2D eigenvalue weighted by atomic mass is 10.2. The summed E-state index contributed by atoms with van der Waals surface area (Å²) < 4.78 is 3.61. The van der Waals surface area contributed by atoms with Crippen molar-refractivity contribution in [3.63, 3.8) is 0 Å². The van der Waals surface area contributed by atoms with Gasteiger partial charge >= 0.3 is 0 Å². The van der Waals surface area contributed by atoms with Gasteiger partial charge in [-0.1, -0.05) is 61.9 Å². The van der Waals surface area contributed by atoms with Crippen molar-refractivity contribution >= 4 is 16.9 Å². The Kier molecular flexibility index (Phi) is 5.70. The van der Waals surface area contributed by atoms with Crippen molar-refractivity contribution in [2.75, 3.05) is 6.54 Å². The average Bonchev–Trinajstić information content (AvgIpc) is 3.14. The van der Waals surface area contributed by atoms with Gasteiger partial charge in [-0.3, -0.25) is 9.79 Å². The molecule has 0 saturated carbocycles. The van der Waals surface area contributed by atoms with E-state index in [1.54, 1.807) is 4.68 Å². The second-order valence-corrected chi connectivity index (χ2v) is 7.09. The van der Waals surface area contributed by atoms with Crippen LogP contribution in [0.2, 0.25) is 0 Å². The summed E-state index contributed by atoms with van der Waals surface area (Å²) in [4.78, 5) is 21.6. The van der Waals surface area contributed by atoms with Crippen LogP contribution < -0.4 is 11.4 Å². The molecule has 0 fully saturated rings. The van der Waals surface area contributed by atoms with Crippen LogP contribution in [0.15, 0.2) is 71.9 Å². The number of rotatable bonds is 7. The van der Waals surface area contributed by atoms with E-state index in [2.05, 4.69) is 24.2 Å². The molecule has 4 aromatic rings. The molecule has 0 saturated heterocycles. The predicted molar refractivity (Wildman–Crippen MR) is 116 cm³/mol. The molecule has 0 aliphatic heterocycles. The highest BCUT2D eigenvalue weighted by atomic mass is 16.1. The molecule has 0 aliphatic carbocycles. The van der Waals surface area contributed by atoms with Gasteiger partial charge in [-0.15, -0.1) is 0 Å². The molecule has 0 atom stereocenters. The number of carbonyl (C=O) groups excluding carboxylic acids is 1. The summed E-state index contributed by atoms with van der Waals surface area (Å²) in [7, 11) is 0. The molecule has 0 radical (unpaired) electrons. The molecule has 0 aliphatic rings. The van der Waals surface area contributed by atoms with Gasteiger partial charge in [0.25, 0.3) is 5.91 Å². The van der Waals surface area contributed by atoms with Gasteiger partial charge in [-0.25, -0.2) is 4.68 Å². The number of primary amides is 1. The van der Waals surface area contributed by atoms with Crippen molar-refractivity contribution in [3.05, 3.63) is 83.7 Å². The van der Waals surface area contributed by atoms with Gasteiger partial charge in [-0.2, -0.15) is 10.1 Å². The molecule has 1 amide bonds. The summed E-state index contributed by atoms with van der Waals surface area (Å²) >= 11 is 0. The second-order valence-electron chi connectivity index (χ2n) is 7.09. The first kappa shape index (κ1) is 19.6. The minimum atomic E-state index is -0.585. The van der Waals surface area contributed by atoms with Gasteiger partial charge in [0.2, 0.25) is 5.62 Å². The number of fused-ring (bicyclic) bond motifs is 1. The topological polar surface area (TPSA) is 91.1 Å².